The van der Waals surface area contributed by atoms with Gasteiger partial charge >= 0.3 is 5.97 Å². The lowest BCUT2D eigenvalue weighted by Crippen LogP contribution is -2.55. The third-order valence-electron chi connectivity index (χ3n) is 4.17. The molecule has 0 saturated carbocycles. The number of nitrogens with zero attached hydrogens (tertiary/aromatic N) is 1. The molecule has 0 aromatic carbocycles. The first kappa shape index (κ1) is 15.0. The number of carbonyl (C=O) groups excluding carboxylic acids is 2. The molecule has 2 amide bonds. The molecule has 0 radical (unpaired) electrons. The Balaban J connectivity index is 1.88. The molecule has 20 heavy (non-hydrogen) atoms. The van der Waals surface area contributed by atoms with Gasteiger partial charge in [-0.05, 0) is 32.6 Å². The maximum Gasteiger partial charge on any atom is 0.306 e. The van der Waals surface area contributed by atoms with Crippen molar-refractivity contribution in [2.24, 2.45) is 5.92 Å². The largest absolute Gasteiger partial charge is 0.481 e. The second-order valence-electron chi connectivity index (χ2n) is 5.76. The minimum atomic E-state index is -0.811. The number of hydrogen-bond donors (Lipinski definition) is 1. The SMILES string of the molecule is CC(CCCC(C)N1C(=O)C2CCC(O2)C1=O)C(=O)O. The Hall–Kier alpha value is -1.43. The first-order valence-corrected chi connectivity index (χ1v) is 7.17. The molecule has 0 aliphatic carbocycles. The van der Waals surface area contributed by atoms with E-state index >= 15 is 0 Å². The van der Waals surface area contributed by atoms with Crippen molar-refractivity contribution in [2.45, 2.75) is 64.2 Å². The van der Waals surface area contributed by atoms with Crippen molar-refractivity contribution >= 4 is 17.8 Å². The molecule has 2 heterocycles. The third kappa shape index (κ3) is 2.85. The highest BCUT2D eigenvalue weighted by Crippen LogP contribution is 2.30. The fraction of sp³-hybridized carbons (Fsp3) is 0.786. The Labute approximate surface area is 118 Å². The summed E-state index contributed by atoms with van der Waals surface area (Å²) in [5.41, 5.74) is 0. The zero-order valence-electron chi connectivity index (χ0n) is 11.9. The van der Waals surface area contributed by atoms with Crippen molar-refractivity contribution < 1.29 is 24.2 Å². The summed E-state index contributed by atoms with van der Waals surface area (Å²) in [6.45, 7) is 3.50. The van der Waals surface area contributed by atoms with Gasteiger partial charge in [0.1, 0.15) is 12.2 Å². The molecule has 2 bridgehead atoms. The second-order valence-corrected chi connectivity index (χ2v) is 5.76. The van der Waals surface area contributed by atoms with E-state index in [1.807, 2.05) is 6.92 Å². The molecule has 0 aromatic heterocycles. The number of rotatable bonds is 6. The normalized spacial score (nSPS) is 28.6. The van der Waals surface area contributed by atoms with Crippen molar-refractivity contribution in [1.82, 2.24) is 4.90 Å². The fourth-order valence-corrected chi connectivity index (χ4v) is 2.83. The zero-order chi connectivity index (χ0) is 14.9. The van der Waals surface area contributed by atoms with Gasteiger partial charge in [-0.25, -0.2) is 0 Å². The van der Waals surface area contributed by atoms with E-state index in [0.717, 1.165) is 0 Å². The van der Waals surface area contributed by atoms with Crippen LogP contribution in [0.25, 0.3) is 0 Å². The number of hydrogen-bond acceptors (Lipinski definition) is 4. The summed E-state index contributed by atoms with van der Waals surface area (Å²) in [5, 5.41) is 8.82. The van der Waals surface area contributed by atoms with Gasteiger partial charge < -0.3 is 9.84 Å². The van der Waals surface area contributed by atoms with Crippen molar-refractivity contribution in [3.63, 3.8) is 0 Å². The maximum absolute atomic E-state index is 12.1. The number of amides is 2. The molecule has 1 N–H and O–H groups in total. The van der Waals surface area contributed by atoms with Crippen LogP contribution in [0.5, 0.6) is 0 Å². The Morgan fingerprint density at radius 3 is 2.30 bits per heavy atom. The number of carboxylic acid groups (broad SMARTS) is 1. The summed E-state index contributed by atoms with van der Waals surface area (Å²) in [6.07, 6.45) is 2.19. The first-order valence-electron chi connectivity index (χ1n) is 7.17. The number of ether oxygens (including phenoxy) is 1. The van der Waals surface area contributed by atoms with E-state index in [-0.39, 0.29) is 17.9 Å². The predicted molar refractivity (Wildman–Crippen MR) is 69.9 cm³/mol. The fourth-order valence-electron chi connectivity index (χ4n) is 2.83. The van der Waals surface area contributed by atoms with Gasteiger partial charge in [-0.2, -0.15) is 0 Å². The molecule has 2 rings (SSSR count). The summed E-state index contributed by atoms with van der Waals surface area (Å²) in [7, 11) is 0. The Bertz CT molecular complexity index is 400. The van der Waals surface area contributed by atoms with Crippen molar-refractivity contribution in [3.05, 3.63) is 0 Å². The molecule has 4 atom stereocenters. The van der Waals surface area contributed by atoms with E-state index in [0.29, 0.717) is 32.1 Å². The monoisotopic (exact) mass is 283 g/mol. The Morgan fingerprint density at radius 1 is 1.25 bits per heavy atom. The van der Waals surface area contributed by atoms with Crippen LogP contribution >= 0.6 is 0 Å². The molecule has 4 unspecified atom stereocenters. The van der Waals surface area contributed by atoms with Crippen molar-refractivity contribution in [1.29, 1.82) is 0 Å². The van der Waals surface area contributed by atoms with E-state index in [1.54, 1.807) is 6.92 Å². The molecule has 112 valence electrons. The summed E-state index contributed by atoms with van der Waals surface area (Å²) in [6, 6.07) is -0.192. The number of fused-ring (bicyclic) bond motifs is 2. The lowest BCUT2D eigenvalue weighted by molar-refractivity contribution is -0.171. The van der Waals surface area contributed by atoms with Crippen LogP contribution in [0.1, 0.15) is 46.0 Å². The highest BCUT2D eigenvalue weighted by Gasteiger charge is 2.47. The average Bonchev–Trinajstić information content (AvgIpc) is 2.83. The minimum Gasteiger partial charge on any atom is -0.481 e. The third-order valence-corrected chi connectivity index (χ3v) is 4.17. The minimum absolute atomic E-state index is 0.192. The molecular weight excluding hydrogens is 262 g/mol. The van der Waals surface area contributed by atoms with Gasteiger partial charge in [-0.1, -0.05) is 13.3 Å². The van der Waals surface area contributed by atoms with Crippen LogP contribution < -0.4 is 0 Å². The summed E-state index contributed by atoms with van der Waals surface area (Å²) >= 11 is 0. The molecule has 2 aliphatic rings. The van der Waals surface area contributed by atoms with E-state index in [1.165, 1.54) is 4.90 Å². The first-order chi connectivity index (χ1) is 9.41. The summed E-state index contributed by atoms with van der Waals surface area (Å²) in [5.74, 6) is -1.67. The number of likely N-dealkylation sites (tertiary alicyclic amines) is 1. The molecule has 2 fully saturated rings. The molecule has 6 heteroatoms. The van der Waals surface area contributed by atoms with Crippen LogP contribution in [-0.4, -0.2) is 46.0 Å². The lowest BCUT2D eigenvalue weighted by atomic mass is 10.0. The lowest BCUT2D eigenvalue weighted by Gasteiger charge is -2.34. The molecular formula is C14H21NO5. The smallest absolute Gasteiger partial charge is 0.306 e. The van der Waals surface area contributed by atoms with Crippen LogP contribution in [0.4, 0.5) is 0 Å². The molecule has 2 saturated heterocycles. The number of imide groups is 1. The van der Waals surface area contributed by atoms with E-state index < -0.39 is 24.1 Å². The highest BCUT2D eigenvalue weighted by molar-refractivity contribution is 6.02. The van der Waals surface area contributed by atoms with E-state index in [2.05, 4.69) is 0 Å². The molecule has 0 spiro atoms. The van der Waals surface area contributed by atoms with E-state index in [4.69, 9.17) is 9.84 Å². The quantitative estimate of drug-likeness (QED) is 0.740. The summed E-state index contributed by atoms with van der Waals surface area (Å²) < 4.78 is 5.36. The van der Waals surface area contributed by atoms with Gasteiger partial charge in [0.15, 0.2) is 0 Å². The van der Waals surface area contributed by atoms with Crippen LogP contribution in [0.15, 0.2) is 0 Å². The molecule has 6 nitrogen and oxygen atoms in total. The number of aliphatic carboxylic acids is 1. The number of carboxylic acids is 1. The van der Waals surface area contributed by atoms with Gasteiger partial charge in [0, 0.05) is 6.04 Å². The van der Waals surface area contributed by atoms with Crippen LogP contribution in [0.2, 0.25) is 0 Å². The maximum atomic E-state index is 12.1. The van der Waals surface area contributed by atoms with Gasteiger partial charge in [0.05, 0.1) is 5.92 Å². The predicted octanol–water partition coefficient (Wildman–Crippen LogP) is 1.18. The molecule has 0 aromatic rings. The standard InChI is InChI=1S/C14H21NO5/c1-8(14(18)19)4-3-5-9(2)15-12(16)10-6-7-11(20-10)13(15)17/h8-11H,3-7H2,1-2H3,(H,18,19). The molecule has 2 aliphatic heterocycles. The van der Waals surface area contributed by atoms with Crippen molar-refractivity contribution in [3.8, 4) is 0 Å². The van der Waals surface area contributed by atoms with Crippen LogP contribution in [0.3, 0.4) is 0 Å². The van der Waals surface area contributed by atoms with Gasteiger partial charge in [-0.3, -0.25) is 19.3 Å². The highest BCUT2D eigenvalue weighted by atomic mass is 16.5. The van der Waals surface area contributed by atoms with Gasteiger partial charge in [0.25, 0.3) is 11.8 Å². The average molecular weight is 283 g/mol. The topological polar surface area (TPSA) is 83.9 Å². The number of carbonyl (C=O) groups is 3. The van der Waals surface area contributed by atoms with Crippen LogP contribution in [-0.2, 0) is 19.1 Å². The zero-order valence-corrected chi connectivity index (χ0v) is 11.9. The van der Waals surface area contributed by atoms with Crippen LogP contribution in [0, 0.1) is 5.92 Å². The van der Waals surface area contributed by atoms with E-state index in [9.17, 15) is 14.4 Å². The van der Waals surface area contributed by atoms with Crippen molar-refractivity contribution in [2.75, 3.05) is 0 Å². The Kier molecular flexibility index (Phi) is 4.42. The second kappa shape index (κ2) is 5.91. The summed E-state index contributed by atoms with van der Waals surface area (Å²) in [4.78, 5) is 36.3. The van der Waals surface area contributed by atoms with Gasteiger partial charge in [-0.15, -0.1) is 0 Å². The van der Waals surface area contributed by atoms with Gasteiger partial charge in [0.2, 0.25) is 0 Å². The number of morpholine rings is 1. The Morgan fingerprint density at radius 2 is 1.80 bits per heavy atom.